The van der Waals surface area contributed by atoms with Gasteiger partial charge in [-0.25, -0.2) is 4.79 Å². The van der Waals surface area contributed by atoms with E-state index in [0.29, 0.717) is 19.0 Å². The Hall–Kier alpha value is -1.59. The first-order valence-electron chi connectivity index (χ1n) is 6.73. The molecule has 0 saturated carbocycles. The molecule has 1 unspecified atom stereocenters. The van der Waals surface area contributed by atoms with Gasteiger partial charge in [0.25, 0.3) is 5.91 Å². The predicted octanol–water partition coefficient (Wildman–Crippen LogP) is 0.575. The molecule has 2 rings (SSSR count). The monoisotopic (exact) mass is 267 g/mol. The predicted molar refractivity (Wildman–Crippen MR) is 69.3 cm³/mol. The van der Waals surface area contributed by atoms with Gasteiger partial charge >= 0.3 is 6.03 Å². The van der Waals surface area contributed by atoms with Gasteiger partial charge in [-0.2, -0.15) is 0 Å². The fraction of sp³-hybridized carbons (Fsp3) is 0.769. The van der Waals surface area contributed by atoms with Gasteiger partial charge in [0.15, 0.2) is 0 Å². The Morgan fingerprint density at radius 3 is 2.68 bits per heavy atom. The molecule has 106 valence electrons. The fourth-order valence-electron chi connectivity index (χ4n) is 2.62. The summed E-state index contributed by atoms with van der Waals surface area (Å²) in [5.41, 5.74) is -0.980. The lowest BCUT2D eigenvalue weighted by Gasteiger charge is -2.43. The molecular formula is C13H21N3O3. The minimum Gasteiger partial charge on any atom is -0.324 e. The molecule has 1 atom stereocenters. The van der Waals surface area contributed by atoms with Crippen LogP contribution >= 0.6 is 0 Å². The Kier molecular flexibility index (Phi) is 3.52. The zero-order chi connectivity index (χ0) is 14.2. The molecule has 4 amide bonds. The number of nitrogens with zero attached hydrogens (tertiary/aromatic N) is 2. The third-order valence-corrected chi connectivity index (χ3v) is 3.94. The normalized spacial score (nSPS) is 27.2. The number of hydrogen-bond donors (Lipinski definition) is 1. The van der Waals surface area contributed by atoms with E-state index in [-0.39, 0.29) is 12.6 Å². The van der Waals surface area contributed by atoms with Crippen LogP contribution in [0.3, 0.4) is 0 Å². The zero-order valence-electron chi connectivity index (χ0n) is 11.7. The lowest BCUT2D eigenvalue weighted by molar-refractivity contribution is -0.143. The van der Waals surface area contributed by atoms with E-state index in [1.54, 1.807) is 18.7 Å². The van der Waals surface area contributed by atoms with Crippen molar-refractivity contribution in [2.45, 2.75) is 39.2 Å². The number of likely N-dealkylation sites (tertiary alicyclic amines) is 1. The Balaban J connectivity index is 2.16. The van der Waals surface area contributed by atoms with Crippen molar-refractivity contribution in [1.82, 2.24) is 15.1 Å². The molecule has 1 N–H and O–H groups in total. The van der Waals surface area contributed by atoms with Gasteiger partial charge in [-0.1, -0.05) is 6.92 Å². The molecule has 2 saturated heterocycles. The average molecular weight is 267 g/mol. The molecule has 0 aromatic rings. The summed E-state index contributed by atoms with van der Waals surface area (Å²) in [5, 5.41) is 2.28. The van der Waals surface area contributed by atoms with Gasteiger partial charge in [0.1, 0.15) is 12.1 Å². The van der Waals surface area contributed by atoms with Crippen molar-refractivity contribution < 1.29 is 14.4 Å². The summed E-state index contributed by atoms with van der Waals surface area (Å²) >= 11 is 0. The molecular weight excluding hydrogens is 246 g/mol. The largest absolute Gasteiger partial charge is 0.324 e. The Labute approximate surface area is 113 Å². The van der Waals surface area contributed by atoms with Crippen LogP contribution in [0.15, 0.2) is 0 Å². The number of piperidine rings is 1. The van der Waals surface area contributed by atoms with E-state index in [2.05, 4.69) is 12.2 Å². The zero-order valence-corrected chi connectivity index (χ0v) is 11.7. The van der Waals surface area contributed by atoms with Crippen molar-refractivity contribution in [2.24, 2.45) is 5.92 Å². The van der Waals surface area contributed by atoms with Gasteiger partial charge in [-0.3, -0.25) is 14.9 Å². The minimum atomic E-state index is -0.980. The van der Waals surface area contributed by atoms with Crippen LogP contribution in [0.5, 0.6) is 0 Å². The van der Waals surface area contributed by atoms with E-state index < -0.39 is 17.4 Å². The molecule has 0 aromatic carbocycles. The van der Waals surface area contributed by atoms with Gasteiger partial charge in [0.05, 0.1) is 0 Å². The molecule has 6 heteroatoms. The van der Waals surface area contributed by atoms with Crippen LogP contribution in [-0.2, 0) is 9.59 Å². The van der Waals surface area contributed by atoms with Crippen molar-refractivity contribution in [3.05, 3.63) is 0 Å². The van der Waals surface area contributed by atoms with Crippen LogP contribution in [0.2, 0.25) is 0 Å². The number of carbonyl (C=O) groups excluding carboxylic acids is 3. The number of urea groups is 1. The molecule has 0 spiro atoms. The highest BCUT2D eigenvalue weighted by molar-refractivity contribution is 6.05. The first kappa shape index (κ1) is 13.8. The Morgan fingerprint density at radius 1 is 1.37 bits per heavy atom. The Morgan fingerprint density at radius 2 is 2.05 bits per heavy atom. The van der Waals surface area contributed by atoms with E-state index in [9.17, 15) is 14.4 Å². The second kappa shape index (κ2) is 4.83. The second-order valence-corrected chi connectivity index (χ2v) is 6.00. The summed E-state index contributed by atoms with van der Waals surface area (Å²) in [6.45, 7) is 6.79. The number of amides is 4. The van der Waals surface area contributed by atoms with Crippen LogP contribution < -0.4 is 5.32 Å². The van der Waals surface area contributed by atoms with Gasteiger partial charge < -0.3 is 9.80 Å². The molecule has 2 heterocycles. The van der Waals surface area contributed by atoms with Crippen molar-refractivity contribution >= 4 is 17.8 Å². The topological polar surface area (TPSA) is 69.7 Å². The van der Waals surface area contributed by atoms with E-state index in [4.69, 9.17) is 0 Å². The van der Waals surface area contributed by atoms with Gasteiger partial charge in [0.2, 0.25) is 5.91 Å². The third kappa shape index (κ3) is 2.57. The van der Waals surface area contributed by atoms with E-state index in [0.717, 1.165) is 12.8 Å². The smallest absolute Gasteiger partial charge is 0.321 e. The van der Waals surface area contributed by atoms with E-state index >= 15 is 0 Å². The van der Waals surface area contributed by atoms with Crippen molar-refractivity contribution in [2.75, 3.05) is 19.6 Å². The SMILES string of the molecule is CC1CCCN(C(=O)N2CC(=O)NC(=O)C2(C)C)C1. The molecule has 2 fully saturated rings. The lowest BCUT2D eigenvalue weighted by atomic mass is 9.97. The quantitative estimate of drug-likeness (QED) is 0.653. The van der Waals surface area contributed by atoms with Crippen LogP contribution in [0.4, 0.5) is 4.79 Å². The van der Waals surface area contributed by atoms with Crippen LogP contribution in [-0.4, -0.2) is 52.8 Å². The molecule has 6 nitrogen and oxygen atoms in total. The molecule has 2 aliphatic heterocycles. The first-order chi connectivity index (χ1) is 8.82. The molecule has 2 aliphatic rings. The molecule has 0 aromatic heterocycles. The molecule has 0 radical (unpaired) electrons. The van der Waals surface area contributed by atoms with Gasteiger partial charge in [-0.05, 0) is 32.6 Å². The molecule has 19 heavy (non-hydrogen) atoms. The van der Waals surface area contributed by atoms with Crippen LogP contribution in [0.25, 0.3) is 0 Å². The average Bonchev–Trinajstić information content (AvgIpc) is 2.33. The highest BCUT2D eigenvalue weighted by Crippen LogP contribution is 2.23. The number of hydrogen-bond acceptors (Lipinski definition) is 3. The fourth-order valence-corrected chi connectivity index (χ4v) is 2.62. The number of nitrogens with one attached hydrogen (secondary N) is 1. The maximum atomic E-state index is 12.5. The highest BCUT2D eigenvalue weighted by Gasteiger charge is 2.45. The minimum absolute atomic E-state index is 0.0531. The Bertz CT molecular complexity index is 419. The number of imide groups is 1. The summed E-state index contributed by atoms with van der Waals surface area (Å²) in [6, 6.07) is -0.209. The summed E-state index contributed by atoms with van der Waals surface area (Å²) in [7, 11) is 0. The number of carbonyl (C=O) groups is 3. The van der Waals surface area contributed by atoms with Gasteiger partial charge in [0, 0.05) is 13.1 Å². The lowest BCUT2D eigenvalue weighted by Crippen LogP contribution is -2.67. The number of piperazine rings is 1. The standard InChI is InChI=1S/C13H21N3O3/c1-9-5-4-6-15(7-9)12(19)16-8-10(17)14-11(18)13(16,2)3/h9H,4-8H2,1-3H3,(H,14,17,18). The van der Waals surface area contributed by atoms with E-state index in [1.165, 1.54) is 4.90 Å². The summed E-state index contributed by atoms with van der Waals surface area (Å²) in [4.78, 5) is 39.0. The third-order valence-electron chi connectivity index (χ3n) is 3.94. The maximum absolute atomic E-state index is 12.5. The number of rotatable bonds is 0. The van der Waals surface area contributed by atoms with Gasteiger partial charge in [-0.15, -0.1) is 0 Å². The van der Waals surface area contributed by atoms with E-state index in [1.807, 2.05) is 0 Å². The van der Waals surface area contributed by atoms with Crippen LogP contribution in [0, 0.1) is 5.92 Å². The second-order valence-electron chi connectivity index (χ2n) is 6.00. The van der Waals surface area contributed by atoms with Crippen LogP contribution in [0.1, 0.15) is 33.6 Å². The summed E-state index contributed by atoms with van der Waals surface area (Å²) < 4.78 is 0. The highest BCUT2D eigenvalue weighted by atomic mass is 16.2. The summed E-state index contributed by atoms with van der Waals surface area (Å²) in [5.74, 6) is -0.361. The van der Waals surface area contributed by atoms with Crippen molar-refractivity contribution in [3.63, 3.8) is 0 Å². The molecule has 0 bridgehead atoms. The molecule has 0 aliphatic carbocycles. The van der Waals surface area contributed by atoms with Crippen molar-refractivity contribution in [3.8, 4) is 0 Å². The first-order valence-corrected chi connectivity index (χ1v) is 6.73. The summed E-state index contributed by atoms with van der Waals surface area (Å²) in [6.07, 6.45) is 2.09. The van der Waals surface area contributed by atoms with Crippen molar-refractivity contribution in [1.29, 1.82) is 0 Å². The maximum Gasteiger partial charge on any atom is 0.321 e.